The summed E-state index contributed by atoms with van der Waals surface area (Å²) in [4.78, 5) is 0. The van der Waals surface area contributed by atoms with E-state index in [0.717, 1.165) is 5.69 Å². The number of allylic oxidation sites excluding steroid dienone is 2. The third-order valence-corrected chi connectivity index (χ3v) is 3.29. The number of nitrogens with one attached hydrogen (secondary N) is 1. The number of anilines is 1. The SMILES string of the molecule is C1=CC(=Cc2ccccc2)C(Nc2ccccc2)C=C1. The van der Waals surface area contributed by atoms with E-state index in [1.165, 1.54) is 11.1 Å². The lowest BCUT2D eigenvalue weighted by Crippen LogP contribution is -2.19. The lowest BCUT2D eigenvalue weighted by Gasteiger charge is -2.20. The van der Waals surface area contributed by atoms with E-state index in [-0.39, 0.29) is 6.04 Å². The average Bonchev–Trinajstić information content (AvgIpc) is 2.51. The van der Waals surface area contributed by atoms with E-state index in [2.05, 4.69) is 72.1 Å². The quantitative estimate of drug-likeness (QED) is 0.844. The van der Waals surface area contributed by atoms with Gasteiger partial charge in [0.05, 0.1) is 6.04 Å². The molecular weight excluding hydrogens is 242 g/mol. The van der Waals surface area contributed by atoms with Gasteiger partial charge in [-0.3, -0.25) is 0 Å². The molecule has 0 radical (unpaired) electrons. The van der Waals surface area contributed by atoms with Crippen LogP contribution in [0.3, 0.4) is 0 Å². The molecule has 0 fully saturated rings. The second-order valence-corrected chi connectivity index (χ2v) is 4.79. The minimum atomic E-state index is 0.211. The van der Waals surface area contributed by atoms with Gasteiger partial charge in [-0.2, -0.15) is 0 Å². The topological polar surface area (TPSA) is 12.0 Å². The Morgan fingerprint density at radius 1 is 0.800 bits per heavy atom. The third-order valence-electron chi connectivity index (χ3n) is 3.29. The molecule has 1 heteroatoms. The number of rotatable bonds is 3. The van der Waals surface area contributed by atoms with E-state index >= 15 is 0 Å². The van der Waals surface area contributed by atoms with Gasteiger partial charge in [-0.25, -0.2) is 0 Å². The van der Waals surface area contributed by atoms with Gasteiger partial charge < -0.3 is 5.32 Å². The van der Waals surface area contributed by atoms with Crippen LogP contribution in [-0.2, 0) is 0 Å². The van der Waals surface area contributed by atoms with Crippen molar-refractivity contribution in [3.63, 3.8) is 0 Å². The molecule has 1 aliphatic carbocycles. The van der Waals surface area contributed by atoms with Crippen molar-refractivity contribution in [1.29, 1.82) is 0 Å². The summed E-state index contributed by atoms with van der Waals surface area (Å²) >= 11 is 0. The van der Waals surface area contributed by atoms with Crippen molar-refractivity contribution >= 4 is 11.8 Å². The number of hydrogen-bond acceptors (Lipinski definition) is 1. The average molecular weight is 259 g/mol. The molecule has 0 aliphatic heterocycles. The van der Waals surface area contributed by atoms with Gasteiger partial charge in [0, 0.05) is 5.69 Å². The van der Waals surface area contributed by atoms with Gasteiger partial charge in [-0.15, -0.1) is 0 Å². The van der Waals surface area contributed by atoms with E-state index < -0.39 is 0 Å². The predicted octanol–water partition coefficient (Wildman–Crippen LogP) is 4.68. The maximum absolute atomic E-state index is 3.54. The summed E-state index contributed by atoms with van der Waals surface area (Å²) < 4.78 is 0. The first-order valence-corrected chi connectivity index (χ1v) is 6.85. The molecular formula is C19H17N. The van der Waals surface area contributed by atoms with Crippen LogP contribution in [0.25, 0.3) is 6.08 Å². The predicted molar refractivity (Wildman–Crippen MR) is 86.6 cm³/mol. The summed E-state index contributed by atoms with van der Waals surface area (Å²) in [5.41, 5.74) is 3.63. The largest absolute Gasteiger partial charge is 0.375 e. The molecule has 0 spiro atoms. The molecule has 0 saturated heterocycles. The molecule has 1 nitrogen and oxygen atoms in total. The van der Waals surface area contributed by atoms with Crippen LogP contribution in [-0.4, -0.2) is 6.04 Å². The van der Waals surface area contributed by atoms with Crippen LogP contribution >= 0.6 is 0 Å². The van der Waals surface area contributed by atoms with Crippen LogP contribution in [0.5, 0.6) is 0 Å². The second kappa shape index (κ2) is 6.07. The highest BCUT2D eigenvalue weighted by Gasteiger charge is 2.10. The fraction of sp³-hybridized carbons (Fsp3) is 0.0526. The Morgan fingerprint density at radius 3 is 2.25 bits per heavy atom. The first kappa shape index (κ1) is 12.5. The van der Waals surface area contributed by atoms with E-state index in [1.54, 1.807) is 0 Å². The van der Waals surface area contributed by atoms with Gasteiger partial charge in [0.25, 0.3) is 0 Å². The maximum Gasteiger partial charge on any atom is 0.0701 e. The molecule has 0 bridgehead atoms. The molecule has 2 aromatic rings. The van der Waals surface area contributed by atoms with Crippen LogP contribution in [0.4, 0.5) is 5.69 Å². The minimum Gasteiger partial charge on any atom is -0.375 e. The minimum absolute atomic E-state index is 0.211. The second-order valence-electron chi connectivity index (χ2n) is 4.79. The lowest BCUT2D eigenvalue weighted by atomic mass is 9.99. The highest BCUT2D eigenvalue weighted by molar-refractivity contribution is 5.62. The van der Waals surface area contributed by atoms with Gasteiger partial charge in [-0.1, -0.05) is 72.8 Å². The third kappa shape index (κ3) is 3.07. The molecule has 20 heavy (non-hydrogen) atoms. The Kier molecular flexibility index (Phi) is 3.79. The Hall–Kier alpha value is -2.54. The molecule has 0 amide bonds. The number of benzene rings is 2. The monoisotopic (exact) mass is 259 g/mol. The van der Waals surface area contributed by atoms with Crippen molar-refractivity contribution in [1.82, 2.24) is 0 Å². The molecule has 0 saturated carbocycles. The van der Waals surface area contributed by atoms with Crippen molar-refractivity contribution in [2.45, 2.75) is 6.04 Å². The van der Waals surface area contributed by atoms with Crippen molar-refractivity contribution in [3.05, 3.63) is 96.1 Å². The van der Waals surface area contributed by atoms with Crippen LogP contribution in [0.15, 0.2) is 90.5 Å². The van der Waals surface area contributed by atoms with E-state index in [9.17, 15) is 0 Å². The summed E-state index contributed by atoms with van der Waals surface area (Å²) in [6, 6.07) is 20.9. The zero-order valence-corrected chi connectivity index (χ0v) is 11.2. The summed E-state index contributed by atoms with van der Waals surface area (Å²) in [6.07, 6.45) is 10.7. The Morgan fingerprint density at radius 2 is 1.50 bits per heavy atom. The van der Waals surface area contributed by atoms with Crippen molar-refractivity contribution in [2.24, 2.45) is 0 Å². The van der Waals surface area contributed by atoms with E-state index in [4.69, 9.17) is 0 Å². The molecule has 0 aromatic heterocycles. The first-order valence-electron chi connectivity index (χ1n) is 6.85. The zero-order valence-electron chi connectivity index (χ0n) is 11.2. The molecule has 0 heterocycles. The van der Waals surface area contributed by atoms with Gasteiger partial charge in [0.2, 0.25) is 0 Å². The Labute approximate surface area is 120 Å². The Bertz CT molecular complexity index is 636. The first-order chi connectivity index (χ1) is 9.92. The van der Waals surface area contributed by atoms with Crippen LogP contribution in [0.2, 0.25) is 0 Å². The van der Waals surface area contributed by atoms with E-state index in [0.29, 0.717) is 0 Å². The van der Waals surface area contributed by atoms with Crippen molar-refractivity contribution in [3.8, 4) is 0 Å². The van der Waals surface area contributed by atoms with Crippen LogP contribution < -0.4 is 5.32 Å². The fourth-order valence-corrected chi connectivity index (χ4v) is 2.28. The molecule has 2 aromatic carbocycles. The van der Waals surface area contributed by atoms with Crippen molar-refractivity contribution in [2.75, 3.05) is 5.32 Å². The Balaban J connectivity index is 1.84. The highest BCUT2D eigenvalue weighted by Crippen LogP contribution is 2.20. The summed E-state index contributed by atoms with van der Waals surface area (Å²) in [5, 5.41) is 3.54. The molecule has 3 rings (SSSR count). The normalized spacial score (nSPS) is 19.2. The standard InChI is InChI=1S/C19H17N/c1-3-9-16(10-4-1)15-17-11-7-8-14-19(17)20-18-12-5-2-6-13-18/h1-15,19-20H. The van der Waals surface area contributed by atoms with Gasteiger partial charge in [0.15, 0.2) is 0 Å². The molecule has 1 atom stereocenters. The van der Waals surface area contributed by atoms with Crippen LogP contribution in [0.1, 0.15) is 5.56 Å². The molecule has 1 N–H and O–H groups in total. The van der Waals surface area contributed by atoms with Gasteiger partial charge in [-0.05, 0) is 29.3 Å². The maximum atomic E-state index is 3.54. The van der Waals surface area contributed by atoms with Gasteiger partial charge in [0.1, 0.15) is 0 Å². The lowest BCUT2D eigenvalue weighted by molar-refractivity contribution is 1.05. The number of hydrogen-bond donors (Lipinski definition) is 1. The van der Waals surface area contributed by atoms with E-state index in [1.807, 2.05) is 24.3 Å². The summed E-state index contributed by atoms with van der Waals surface area (Å²) in [5.74, 6) is 0. The summed E-state index contributed by atoms with van der Waals surface area (Å²) in [6.45, 7) is 0. The fourth-order valence-electron chi connectivity index (χ4n) is 2.28. The summed E-state index contributed by atoms with van der Waals surface area (Å²) in [7, 11) is 0. The number of para-hydroxylation sites is 1. The smallest absolute Gasteiger partial charge is 0.0701 e. The molecule has 1 aliphatic rings. The molecule has 98 valence electrons. The van der Waals surface area contributed by atoms with Gasteiger partial charge >= 0.3 is 0 Å². The molecule has 1 unspecified atom stereocenters. The van der Waals surface area contributed by atoms with Crippen LogP contribution in [0, 0.1) is 0 Å². The highest BCUT2D eigenvalue weighted by atomic mass is 14.9. The zero-order chi connectivity index (χ0) is 13.6. The van der Waals surface area contributed by atoms with Crippen molar-refractivity contribution < 1.29 is 0 Å².